The Labute approximate surface area is 125 Å². The van der Waals surface area contributed by atoms with E-state index in [2.05, 4.69) is 35.3 Å². The van der Waals surface area contributed by atoms with Crippen molar-refractivity contribution in [2.24, 2.45) is 0 Å². The van der Waals surface area contributed by atoms with Crippen molar-refractivity contribution in [2.45, 2.75) is 17.8 Å². The summed E-state index contributed by atoms with van der Waals surface area (Å²) in [6.07, 6.45) is 0. The fourth-order valence-electron chi connectivity index (χ4n) is 1.69. The normalized spacial score (nSPS) is 10.5. The topological polar surface area (TPSA) is 66.3 Å². The van der Waals surface area contributed by atoms with Crippen molar-refractivity contribution in [1.82, 2.24) is 10.2 Å². The fraction of sp³-hybridized carbons (Fsp3) is 0.308. The maximum atomic E-state index is 10.5. The molecule has 106 valence electrons. The average Bonchev–Trinajstić information content (AvgIpc) is 2.85. The summed E-state index contributed by atoms with van der Waals surface area (Å²) in [5, 5.41) is 17.5. The van der Waals surface area contributed by atoms with Crippen LogP contribution in [0, 0.1) is 6.92 Å². The van der Waals surface area contributed by atoms with Crippen LogP contribution in [-0.4, -0.2) is 34.1 Å². The van der Waals surface area contributed by atoms with E-state index in [-0.39, 0.29) is 5.75 Å². The lowest BCUT2D eigenvalue weighted by Gasteiger charge is -2.15. The molecule has 0 amide bonds. The summed E-state index contributed by atoms with van der Waals surface area (Å²) in [5.41, 5.74) is 2.44. The van der Waals surface area contributed by atoms with Gasteiger partial charge in [0.2, 0.25) is 5.13 Å². The minimum absolute atomic E-state index is 0.0101. The van der Waals surface area contributed by atoms with E-state index in [1.807, 2.05) is 18.0 Å². The van der Waals surface area contributed by atoms with Crippen molar-refractivity contribution in [1.29, 1.82) is 0 Å². The average molecular weight is 309 g/mol. The zero-order valence-corrected chi connectivity index (χ0v) is 12.9. The Bertz CT molecular complexity index is 601. The molecule has 20 heavy (non-hydrogen) atoms. The molecule has 0 unspecified atom stereocenters. The second-order valence-electron chi connectivity index (χ2n) is 4.38. The lowest BCUT2D eigenvalue weighted by molar-refractivity contribution is -0.133. The molecule has 0 bridgehead atoms. The molecule has 7 heteroatoms. The number of rotatable bonds is 6. The highest BCUT2D eigenvalue weighted by Gasteiger charge is 2.11. The summed E-state index contributed by atoms with van der Waals surface area (Å²) in [6.45, 7) is 2.81. The Morgan fingerprint density at radius 1 is 1.45 bits per heavy atom. The van der Waals surface area contributed by atoms with E-state index >= 15 is 0 Å². The Balaban J connectivity index is 1.98. The summed E-state index contributed by atoms with van der Waals surface area (Å²) in [4.78, 5) is 12.5. The van der Waals surface area contributed by atoms with E-state index in [1.54, 1.807) is 0 Å². The highest BCUT2D eigenvalue weighted by molar-refractivity contribution is 8.01. The second kappa shape index (κ2) is 6.71. The number of thioether (sulfide) groups is 1. The number of aliphatic carboxylic acids is 1. The maximum absolute atomic E-state index is 10.5. The maximum Gasteiger partial charge on any atom is 0.313 e. The van der Waals surface area contributed by atoms with E-state index in [1.165, 1.54) is 34.2 Å². The van der Waals surface area contributed by atoms with E-state index in [9.17, 15) is 4.79 Å². The molecule has 0 aliphatic heterocycles. The first-order chi connectivity index (χ1) is 9.54. The SMILES string of the molecule is Cc1cccc(CN(C)c2nnc(SCC(=O)O)s2)c1. The Hall–Kier alpha value is -1.60. The highest BCUT2D eigenvalue weighted by atomic mass is 32.2. The van der Waals surface area contributed by atoms with Crippen LogP contribution in [0.5, 0.6) is 0 Å². The first-order valence-corrected chi connectivity index (χ1v) is 7.79. The first kappa shape index (κ1) is 14.8. The lowest BCUT2D eigenvalue weighted by atomic mass is 10.1. The Kier molecular flexibility index (Phi) is 4.97. The van der Waals surface area contributed by atoms with Crippen LogP contribution in [0.2, 0.25) is 0 Å². The van der Waals surface area contributed by atoms with Gasteiger partial charge in [0.25, 0.3) is 0 Å². The molecule has 1 aromatic carbocycles. The van der Waals surface area contributed by atoms with Gasteiger partial charge in [-0.15, -0.1) is 10.2 Å². The van der Waals surface area contributed by atoms with Gasteiger partial charge in [0.1, 0.15) is 0 Å². The quantitative estimate of drug-likeness (QED) is 0.828. The van der Waals surface area contributed by atoms with Gasteiger partial charge in [-0.3, -0.25) is 4.79 Å². The predicted octanol–water partition coefficient (Wildman–Crippen LogP) is 2.66. The van der Waals surface area contributed by atoms with E-state index in [4.69, 9.17) is 5.11 Å². The van der Waals surface area contributed by atoms with Crippen molar-refractivity contribution in [3.05, 3.63) is 35.4 Å². The third-order valence-electron chi connectivity index (χ3n) is 2.54. The second-order valence-corrected chi connectivity index (χ2v) is 6.56. The minimum Gasteiger partial charge on any atom is -0.481 e. The predicted molar refractivity (Wildman–Crippen MR) is 81.6 cm³/mol. The van der Waals surface area contributed by atoms with Crippen LogP contribution in [0.15, 0.2) is 28.6 Å². The number of aryl methyl sites for hydroxylation is 1. The molecular weight excluding hydrogens is 294 g/mol. The van der Waals surface area contributed by atoms with Gasteiger partial charge in [-0.2, -0.15) is 0 Å². The molecule has 0 atom stereocenters. The molecular formula is C13H15N3O2S2. The fourth-order valence-corrected chi connectivity index (χ4v) is 3.21. The van der Waals surface area contributed by atoms with E-state index in [0.29, 0.717) is 4.34 Å². The number of benzene rings is 1. The molecule has 0 aliphatic rings. The smallest absolute Gasteiger partial charge is 0.313 e. The van der Waals surface area contributed by atoms with Gasteiger partial charge in [0, 0.05) is 13.6 Å². The zero-order chi connectivity index (χ0) is 14.5. The van der Waals surface area contributed by atoms with Crippen LogP contribution in [0.4, 0.5) is 5.13 Å². The number of nitrogens with zero attached hydrogens (tertiary/aromatic N) is 3. The lowest BCUT2D eigenvalue weighted by Crippen LogP contribution is -2.16. The first-order valence-electron chi connectivity index (χ1n) is 5.99. The molecule has 0 spiro atoms. The number of carboxylic acids is 1. The summed E-state index contributed by atoms with van der Waals surface area (Å²) in [7, 11) is 1.95. The van der Waals surface area contributed by atoms with Gasteiger partial charge < -0.3 is 10.0 Å². The zero-order valence-electron chi connectivity index (χ0n) is 11.2. The highest BCUT2D eigenvalue weighted by Crippen LogP contribution is 2.28. The van der Waals surface area contributed by atoms with Gasteiger partial charge in [-0.05, 0) is 12.5 Å². The van der Waals surface area contributed by atoms with Crippen LogP contribution >= 0.6 is 23.1 Å². The summed E-state index contributed by atoms with van der Waals surface area (Å²) >= 11 is 2.60. The van der Waals surface area contributed by atoms with Crippen molar-refractivity contribution < 1.29 is 9.90 Å². The monoisotopic (exact) mass is 309 g/mol. The summed E-state index contributed by atoms with van der Waals surface area (Å²) in [6, 6.07) is 8.31. The van der Waals surface area contributed by atoms with Crippen LogP contribution < -0.4 is 4.90 Å². The molecule has 0 fully saturated rings. The van der Waals surface area contributed by atoms with Gasteiger partial charge >= 0.3 is 5.97 Å². The molecule has 0 saturated heterocycles. The minimum atomic E-state index is -0.847. The van der Waals surface area contributed by atoms with Crippen molar-refractivity contribution in [3.8, 4) is 0 Å². The number of carbonyl (C=O) groups is 1. The molecule has 0 aliphatic carbocycles. The standard InChI is InChI=1S/C13H15N3O2S2/c1-9-4-3-5-10(6-9)7-16(2)12-14-15-13(20-12)19-8-11(17)18/h3-6H,7-8H2,1-2H3,(H,17,18). The number of hydrogen-bond donors (Lipinski definition) is 1. The summed E-state index contributed by atoms with van der Waals surface area (Å²) < 4.78 is 0.679. The molecule has 0 saturated carbocycles. The van der Waals surface area contributed by atoms with Gasteiger partial charge in [0.15, 0.2) is 4.34 Å². The molecule has 1 aromatic heterocycles. The van der Waals surface area contributed by atoms with Crippen molar-refractivity contribution in [3.63, 3.8) is 0 Å². The third-order valence-corrected chi connectivity index (χ3v) is 4.70. The Morgan fingerprint density at radius 3 is 2.95 bits per heavy atom. The Morgan fingerprint density at radius 2 is 2.25 bits per heavy atom. The van der Waals surface area contributed by atoms with Crippen LogP contribution in [-0.2, 0) is 11.3 Å². The van der Waals surface area contributed by atoms with Crippen molar-refractivity contribution in [2.75, 3.05) is 17.7 Å². The molecule has 2 rings (SSSR count). The molecule has 5 nitrogen and oxygen atoms in total. The van der Waals surface area contributed by atoms with Gasteiger partial charge in [-0.25, -0.2) is 0 Å². The van der Waals surface area contributed by atoms with Gasteiger partial charge in [0.05, 0.1) is 5.75 Å². The number of anilines is 1. The molecule has 0 radical (unpaired) electrons. The molecule has 2 aromatic rings. The third kappa shape index (κ3) is 4.21. The molecule has 1 heterocycles. The van der Waals surface area contributed by atoms with E-state index < -0.39 is 5.97 Å². The summed E-state index contributed by atoms with van der Waals surface area (Å²) in [5.74, 6) is -0.837. The van der Waals surface area contributed by atoms with Gasteiger partial charge in [-0.1, -0.05) is 52.9 Å². The number of hydrogen-bond acceptors (Lipinski definition) is 6. The number of aromatic nitrogens is 2. The number of carboxylic acid groups (broad SMARTS) is 1. The van der Waals surface area contributed by atoms with Crippen LogP contribution in [0.1, 0.15) is 11.1 Å². The van der Waals surface area contributed by atoms with Crippen LogP contribution in [0.3, 0.4) is 0 Å². The van der Waals surface area contributed by atoms with E-state index in [0.717, 1.165) is 11.7 Å². The van der Waals surface area contributed by atoms with Crippen molar-refractivity contribution >= 4 is 34.2 Å². The largest absolute Gasteiger partial charge is 0.481 e. The molecule has 1 N–H and O–H groups in total. The van der Waals surface area contributed by atoms with Crippen LogP contribution in [0.25, 0.3) is 0 Å².